The molecule has 164 valence electrons. The van der Waals surface area contributed by atoms with Crippen molar-refractivity contribution in [2.24, 2.45) is 0 Å². The molecule has 2 rings (SSSR count). The summed E-state index contributed by atoms with van der Waals surface area (Å²) in [7, 11) is 5.51. The number of likely N-dealkylation sites (N-methyl/N-ethyl adjacent to an activating group) is 1. The summed E-state index contributed by atoms with van der Waals surface area (Å²) in [5.41, 5.74) is 1.71. The lowest BCUT2D eigenvalue weighted by molar-refractivity contribution is -0.125. The highest BCUT2D eigenvalue weighted by Gasteiger charge is 2.20. The van der Waals surface area contributed by atoms with Crippen molar-refractivity contribution < 1.29 is 14.3 Å². The molecular weight excluding hydrogens is 392 g/mol. The molecule has 0 aliphatic carbocycles. The van der Waals surface area contributed by atoms with Crippen LogP contribution in [0, 0.1) is 11.3 Å². The first-order valence-electron chi connectivity index (χ1n) is 10.3. The number of hydrogen-bond donors (Lipinski definition) is 1. The first-order valence-corrected chi connectivity index (χ1v) is 10.3. The van der Waals surface area contributed by atoms with Crippen LogP contribution in [0.2, 0.25) is 0 Å². The maximum absolute atomic E-state index is 12.7. The largest absolute Gasteiger partial charge is 0.496 e. The average molecular weight is 423 g/mol. The molecule has 0 fully saturated rings. The number of nitrogens with one attached hydrogen (secondary N) is 1. The van der Waals surface area contributed by atoms with Gasteiger partial charge in [-0.25, -0.2) is 0 Å². The summed E-state index contributed by atoms with van der Waals surface area (Å²) in [4.78, 5) is 28.7. The zero-order valence-corrected chi connectivity index (χ0v) is 18.4. The summed E-state index contributed by atoms with van der Waals surface area (Å²) < 4.78 is 5.45. The van der Waals surface area contributed by atoms with E-state index in [-0.39, 0.29) is 37.1 Å². The molecule has 0 saturated carbocycles. The Kier molecular flexibility index (Phi) is 9.53. The zero-order valence-electron chi connectivity index (χ0n) is 18.4. The number of nitriles is 1. The summed E-state index contributed by atoms with van der Waals surface area (Å²) in [5.74, 6) is 0.399. The number of benzene rings is 2. The van der Waals surface area contributed by atoms with Gasteiger partial charge >= 0.3 is 0 Å². The minimum Gasteiger partial charge on any atom is -0.496 e. The van der Waals surface area contributed by atoms with E-state index in [1.165, 1.54) is 0 Å². The molecule has 0 spiro atoms. The number of ether oxygens (including phenoxy) is 1. The SMILES string of the molecule is COc1ccccc1C(CNC(=O)CCC(=O)N(CCC#N)c1ccccc1)N(C)C. The quantitative estimate of drug-likeness (QED) is 0.601. The Labute approximate surface area is 184 Å². The summed E-state index contributed by atoms with van der Waals surface area (Å²) >= 11 is 0. The van der Waals surface area contributed by atoms with Crippen LogP contribution in [0.3, 0.4) is 0 Å². The molecule has 31 heavy (non-hydrogen) atoms. The van der Waals surface area contributed by atoms with Gasteiger partial charge in [0.2, 0.25) is 11.8 Å². The maximum Gasteiger partial charge on any atom is 0.227 e. The van der Waals surface area contributed by atoms with Gasteiger partial charge in [-0.1, -0.05) is 36.4 Å². The number of carbonyl (C=O) groups is 2. The molecular formula is C24H30N4O3. The van der Waals surface area contributed by atoms with E-state index in [1.807, 2.05) is 73.6 Å². The highest BCUT2D eigenvalue weighted by Crippen LogP contribution is 2.27. The standard InChI is InChI=1S/C24H30N4O3/c1-27(2)21(20-12-7-8-13-22(20)31-3)18-26-23(29)14-15-24(30)28(17-9-16-25)19-10-5-4-6-11-19/h4-8,10-13,21H,9,14-15,17-18H2,1-3H3,(H,26,29). The van der Waals surface area contributed by atoms with Crippen molar-refractivity contribution in [1.82, 2.24) is 10.2 Å². The Morgan fingerprint density at radius 3 is 2.39 bits per heavy atom. The Morgan fingerprint density at radius 1 is 1.06 bits per heavy atom. The predicted octanol–water partition coefficient (Wildman–Crippen LogP) is 3.14. The molecule has 1 N–H and O–H groups in total. The number of rotatable bonds is 11. The first-order chi connectivity index (χ1) is 15.0. The number of para-hydroxylation sites is 2. The van der Waals surface area contributed by atoms with Crippen LogP contribution in [0.5, 0.6) is 5.75 Å². The van der Waals surface area contributed by atoms with E-state index in [0.717, 1.165) is 17.0 Å². The molecule has 2 aromatic rings. The predicted molar refractivity (Wildman–Crippen MR) is 121 cm³/mol. The van der Waals surface area contributed by atoms with E-state index in [2.05, 4.69) is 11.4 Å². The number of nitrogens with zero attached hydrogens (tertiary/aromatic N) is 3. The minimum absolute atomic E-state index is 0.0627. The Hall–Kier alpha value is -3.37. The molecule has 0 radical (unpaired) electrons. The molecule has 1 unspecified atom stereocenters. The molecule has 0 heterocycles. The van der Waals surface area contributed by atoms with Gasteiger partial charge in [-0.2, -0.15) is 5.26 Å². The van der Waals surface area contributed by atoms with Gasteiger partial charge in [-0.3, -0.25) is 9.59 Å². The molecule has 1 atom stereocenters. The molecule has 0 bridgehead atoms. The van der Waals surface area contributed by atoms with Gasteiger partial charge in [0.15, 0.2) is 0 Å². The molecule has 0 aliphatic rings. The third kappa shape index (κ3) is 7.12. The van der Waals surface area contributed by atoms with Crippen LogP contribution in [-0.4, -0.2) is 51.0 Å². The van der Waals surface area contributed by atoms with Crippen LogP contribution in [-0.2, 0) is 9.59 Å². The fourth-order valence-corrected chi connectivity index (χ4v) is 3.33. The van der Waals surface area contributed by atoms with Crippen molar-refractivity contribution in [3.8, 4) is 11.8 Å². The first kappa shape index (κ1) is 23.9. The highest BCUT2D eigenvalue weighted by atomic mass is 16.5. The fraction of sp³-hybridized carbons (Fsp3) is 0.375. The summed E-state index contributed by atoms with van der Waals surface area (Å²) in [6.45, 7) is 0.703. The van der Waals surface area contributed by atoms with Crippen molar-refractivity contribution >= 4 is 17.5 Å². The van der Waals surface area contributed by atoms with Gasteiger partial charge in [0.1, 0.15) is 5.75 Å². The van der Waals surface area contributed by atoms with Crippen molar-refractivity contribution in [1.29, 1.82) is 5.26 Å². The Bertz CT molecular complexity index is 893. The third-order valence-corrected chi connectivity index (χ3v) is 5.00. The van der Waals surface area contributed by atoms with E-state index < -0.39 is 0 Å². The second-order valence-electron chi connectivity index (χ2n) is 7.31. The maximum atomic E-state index is 12.7. The normalized spacial score (nSPS) is 11.5. The van der Waals surface area contributed by atoms with E-state index >= 15 is 0 Å². The summed E-state index contributed by atoms with van der Waals surface area (Å²) in [5, 5.41) is 11.8. The lowest BCUT2D eigenvalue weighted by atomic mass is 10.0. The summed E-state index contributed by atoms with van der Waals surface area (Å²) in [6, 6.07) is 18.9. The van der Waals surface area contributed by atoms with Crippen LogP contribution in [0.25, 0.3) is 0 Å². The van der Waals surface area contributed by atoms with Crippen LogP contribution in [0.1, 0.15) is 30.9 Å². The van der Waals surface area contributed by atoms with Crippen molar-refractivity contribution in [3.63, 3.8) is 0 Å². The van der Waals surface area contributed by atoms with Crippen LogP contribution >= 0.6 is 0 Å². The Balaban J connectivity index is 1.95. The van der Waals surface area contributed by atoms with Crippen LogP contribution in [0.4, 0.5) is 5.69 Å². The number of anilines is 1. The molecule has 7 heteroatoms. The molecule has 0 aliphatic heterocycles. The van der Waals surface area contributed by atoms with E-state index in [4.69, 9.17) is 10.00 Å². The minimum atomic E-state index is -0.191. The second-order valence-corrected chi connectivity index (χ2v) is 7.31. The fourth-order valence-electron chi connectivity index (χ4n) is 3.33. The number of amides is 2. The molecule has 0 saturated heterocycles. The lowest BCUT2D eigenvalue weighted by Crippen LogP contribution is -2.36. The average Bonchev–Trinajstić information content (AvgIpc) is 2.78. The smallest absolute Gasteiger partial charge is 0.227 e. The highest BCUT2D eigenvalue weighted by molar-refractivity contribution is 5.95. The van der Waals surface area contributed by atoms with Crippen LogP contribution in [0.15, 0.2) is 54.6 Å². The van der Waals surface area contributed by atoms with E-state index in [1.54, 1.807) is 12.0 Å². The van der Waals surface area contributed by atoms with Gasteiger partial charge < -0.3 is 19.9 Å². The number of methoxy groups -OCH3 is 1. The van der Waals surface area contributed by atoms with Gasteiger partial charge in [0.25, 0.3) is 0 Å². The topological polar surface area (TPSA) is 85.7 Å². The monoisotopic (exact) mass is 422 g/mol. The number of carbonyl (C=O) groups excluding carboxylic acids is 2. The molecule has 2 amide bonds. The lowest BCUT2D eigenvalue weighted by Gasteiger charge is -2.26. The van der Waals surface area contributed by atoms with Crippen LogP contribution < -0.4 is 15.0 Å². The Morgan fingerprint density at radius 2 is 1.74 bits per heavy atom. The molecule has 2 aromatic carbocycles. The number of hydrogen-bond acceptors (Lipinski definition) is 5. The molecule has 7 nitrogen and oxygen atoms in total. The second kappa shape index (κ2) is 12.4. The van der Waals surface area contributed by atoms with Gasteiger partial charge in [-0.05, 0) is 32.3 Å². The van der Waals surface area contributed by atoms with Gasteiger partial charge in [-0.15, -0.1) is 0 Å². The van der Waals surface area contributed by atoms with E-state index in [0.29, 0.717) is 13.1 Å². The van der Waals surface area contributed by atoms with E-state index in [9.17, 15) is 9.59 Å². The molecule has 0 aromatic heterocycles. The zero-order chi connectivity index (χ0) is 22.6. The third-order valence-electron chi connectivity index (χ3n) is 5.00. The van der Waals surface area contributed by atoms with Gasteiger partial charge in [0.05, 0.1) is 25.6 Å². The van der Waals surface area contributed by atoms with Gasteiger partial charge in [0, 0.05) is 37.2 Å². The van der Waals surface area contributed by atoms with Crippen molar-refractivity contribution in [2.45, 2.75) is 25.3 Å². The van der Waals surface area contributed by atoms with Crippen molar-refractivity contribution in [3.05, 3.63) is 60.2 Å². The summed E-state index contributed by atoms with van der Waals surface area (Å²) in [6.07, 6.45) is 0.393. The van der Waals surface area contributed by atoms with Crippen molar-refractivity contribution in [2.75, 3.05) is 39.2 Å².